The van der Waals surface area contributed by atoms with Crippen LogP contribution in [0.4, 0.5) is 5.69 Å². The van der Waals surface area contributed by atoms with Gasteiger partial charge in [-0.2, -0.15) is 5.26 Å². The number of carbonyl (C=O) groups is 1. The molecule has 1 N–H and O–H groups in total. The van der Waals surface area contributed by atoms with Gasteiger partial charge in [-0.1, -0.05) is 18.2 Å². The van der Waals surface area contributed by atoms with E-state index in [4.69, 9.17) is 5.26 Å². The number of nitrogens with one attached hydrogen (secondary N) is 1. The average Bonchev–Trinajstić information content (AvgIpc) is 2.47. The molecule has 2 rings (SSSR count). The number of amides is 1. The average molecular weight is 249 g/mol. The molecule has 1 aromatic carbocycles. The van der Waals surface area contributed by atoms with Crippen LogP contribution in [0.5, 0.6) is 0 Å². The van der Waals surface area contributed by atoms with E-state index in [1.807, 2.05) is 24.3 Å². The topological polar surface area (TPSA) is 65.8 Å². The molecule has 0 saturated carbocycles. The van der Waals surface area contributed by atoms with E-state index in [2.05, 4.69) is 10.3 Å². The number of para-hydroxylation sites is 1. The van der Waals surface area contributed by atoms with Crippen molar-refractivity contribution in [1.82, 2.24) is 4.98 Å². The van der Waals surface area contributed by atoms with Crippen molar-refractivity contribution in [1.29, 1.82) is 5.26 Å². The van der Waals surface area contributed by atoms with Crippen molar-refractivity contribution >= 4 is 17.7 Å². The second-order valence-corrected chi connectivity index (χ2v) is 3.77. The Kier molecular flexibility index (Phi) is 4.04. The van der Waals surface area contributed by atoms with Crippen molar-refractivity contribution in [2.45, 2.75) is 0 Å². The first-order chi connectivity index (χ1) is 9.29. The van der Waals surface area contributed by atoms with Crippen LogP contribution in [0, 0.1) is 11.3 Å². The van der Waals surface area contributed by atoms with Crippen LogP contribution < -0.4 is 5.32 Å². The van der Waals surface area contributed by atoms with Crippen LogP contribution in [0.25, 0.3) is 6.08 Å². The summed E-state index contributed by atoms with van der Waals surface area (Å²) >= 11 is 0. The molecule has 1 aromatic heterocycles. The summed E-state index contributed by atoms with van der Waals surface area (Å²) in [5.41, 5.74) is 1.47. The lowest BCUT2D eigenvalue weighted by molar-refractivity contribution is -0.112. The lowest BCUT2D eigenvalue weighted by Crippen LogP contribution is -2.13. The number of rotatable bonds is 3. The molecule has 92 valence electrons. The minimum atomic E-state index is -0.425. The van der Waals surface area contributed by atoms with Gasteiger partial charge < -0.3 is 5.32 Å². The maximum Gasteiger partial charge on any atom is 0.266 e. The summed E-state index contributed by atoms with van der Waals surface area (Å²) in [4.78, 5) is 15.8. The minimum absolute atomic E-state index is 0.0510. The Morgan fingerprint density at radius 1 is 1.16 bits per heavy atom. The predicted molar refractivity (Wildman–Crippen MR) is 72.9 cm³/mol. The Morgan fingerprint density at radius 2 is 1.84 bits per heavy atom. The van der Waals surface area contributed by atoms with Crippen LogP contribution in [0.3, 0.4) is 0 Å². The molecule has 0 radical (unpaired) electrons. The fraction of sp³-hybridized carbons (Fsp3) is 0. The molecule has 4 heteroatoms. The summed E-state index contributed by atoms with van der Waals surface area (Å²) in [6, 6.07) is 14.4. The molecule has 0 aliphatic heterocycles. The highest BCUT2D eigenvalue weighted by Gasteiger charge is 2.08. The molecule has 19 heavy (non-hydrogen) atoms. The quantitative estimate of drug-likeness (QED) is 0.671. The van der Waals surface area contributed by atoms with Crippen molar-refractivity contribution in [3.8, 4) is 6.07 Å². The molecule has 1 heterocycles. The van der Waals surface area contributed by atoms with Gasteiger partial charge in [-0.05, 0) is 35.9 Å². The van der Waals surface area contributed by atoms with Crippen LogP contribution in [0.2, 0.25) is 0 Å². The van der Waals surface area contributed by atoms with Gasteiger partial charge in [0.1, 0.15) is 11.6 Å². The molecule has 2 aromatic rings. The van der Waals surface area contributed by atoms with E-state index in [1.165, 1.54) is 6.08 Å². The molecule has 0 aliphatic carbocycles. The Bertz CT molecular complexity index is 627. The number of nitriles is 1. The molecule has 0 saturated heterocycles. The molecule has 1 amide bonds. The SMILES string of the molecule is N#C/C(=C\c1ccncc1)C(=O)Nc1ccccc1. The van der Waals surface area contributed by atoms with Crippen LogP contribution >= 0.6 is 0 Å². The van der Waals surface area contributed by atoms with E-state index in [0.29, 0.717) is 5.69 Å². The number of pyridine rings is 1. The molecule has 0 bridgehead atoms. The normalized spacial score (nSPS) is 10.6. The fourth-order valence-electron chi connectivity index (χ4n) is 1.49. The van der Waals surface area contributed by atoms with Gasteiger partial charge in [-0.25, -0.2) is 0 Å². The van der Waals surface area contributed by atoms with E-state index >= 15 is 0 Å². The van der Waals surface area contributed by atoms with Crippen molar-refractivity contribution in [3.05, 3.63) is 66.0 Å². The van der Waals surface area contributed by atoms with Gasteiger partial charge in [-0.15, -0.1) is 0 Å². The number of anilines is 1. The molecule has 0 atom stereocenters. The van der Waals surface area contributed by atoms with E-state index in [1.54, 1.807) is 36.7 Å². The van der Waals surface area contributed by atoms with Crippen LogP contribution in [-0.4, -0.2) is 10.9 Å². The van der Waals surface area contributed by atoms with Crippen LogP contribution in [0.15, 0.2) is 60.4 Å². The number of hydrogen-bond donors (Lipinski definition) is 1. The number of nitrogens with zero attached hydrogens (tertiary/aromatic N) is 2. The van der Waals surface area contributed by atoms with Crippen molar-refractivity contribution in [2.24, 2.45) is 0 Å². The second-order valence-electron chi connectivity index (χ2n) is 3.77. The number of carbonyl (C=O) groups excluding carboxylic acids is 1. The zero-order chi connectivity index (χ0) is 13.5. The fourth-order valence-corrected chi connectivity index (χ4v) is 1.49. The highest BCUT2D eigenvalue weighted by atomic mass is 16.1. The third kappa shape index (κ3) is 3.51. The highest BCUT2D eigenvalue weighted by molar-refractivity contribution is 6.09. The van der Waals surface area contributed by atoms with Gasteiger partial charge in [0.15, 0.2) is 0 Å². The predicted octanol–water partition coefficient (Wildman–Crippen LogP) is 2.63. The summed E-state index contributed by atoms with van der Waals surface area (Å²) in [6.07, 6.45) is 4.74. The molecule has 0 aliphatic rings. The summed E-state index contributed by atoms with van der Waals surface area (Å²) in [7, 11) is 0. The first-order valence-electron chi connectivity index (χ1n) is 5.68. The molecule has 0 fully saturated rings. The number of benzene rings is 1. The monoisotopic (exact) mass is 249 g/mol. The minimum Gasteiger partial charge on any atom is -0.321 e. The zero-order valence-electron chi connectivity index (χ0n) is 10.1. The van der Waals surface area contributed by atoms with Crippen molar-refractivity contribution in [3.63, 3.8) is 0 Å². The van der Waals surface area contributed by atoms with E-state index < -0.39 is 5.91 Å². The largest absolute Gasteiger partial charge is 0.321 e. The summed E-state index contributed by atoms with van der Waals surface area (Å²) in [5.74, 6) is -0.425. The Balaban J connectivity index is 2.17. The molecule has 4 nitrogen and oxygen atoms in total. The van der Waals surface area contributed by atoms with E-state index in [0.717, 1.165) is 5.56 Å². The summed E-state index contributed by atoms with van der Waals surface area (Å²) in [5, 5.41) is 11.7. The first kappa shape index (κ1) is 12.5. The number of hydrogen-bond acceptors (Lipinski definition) is 3. The van der Waals surface area contributed by atoms with Gasteiger partial charge in [-0.3, -0.25) is 9.78 Å². The zero-order valence-corrected chi connectivity index (χ0v) is 10.1. The third-order valence-corrected chi connectivity index (χ3v) is 2.41. The van der Waals surface area contributed by atoms with Crippen molar-refractivity contribution < 1.29 is 4.79 Å². The van der Waals surface area contributed by atoms with Crippen molar-refractivity contribution in [2.75, 3.05) is 5.32 Å². The van der Waals surface area contributed by atoms with Gasteiger partial charge in [0.2, 0.25) is 0 Å². The standard InChI is InChI=1S/C15H11N3O/c16-11-13(10-12-6-8-17-9-7-12)15(19)18-14-4-2-1-3-5-14/h1-10H,(H,18,19)/b13-10+. The van der Waals surface area contributed by atoms with Gasteiger partial charge in [0.25, 0.3) is 5.91 Å². The Morgan fingerprint density at radius 3 is 2.47 bits per heavy atom. The molecule has 0 unspecified atom stereocenters. The molecule has 0 spiro atoms. The van der Waals surface area contributed by atoms with Crippen LogP contribution in [0.1, 0.15) is 5.56 Å². The molecular weight excluding hydrogens is 238 g/mol. The van der Waals surface area contributed by atoms with Gasteiger partial charge >= 0.3 is 0 Å². The second kappa shape index (κ2) is 6.12. The Labute approximate surface area is 111 Å². The first-order valence-corrected chi connectivity index (χ1v) is 5.68. The van der Waals surface area contributed by atoms with E-state index in [9.17, 15) is 4.79 Å². The number of aromatic nitrogens is 1. The Hall–Kier alpha value is -2.93. The van der Waals surface area contributed by atoms with E-state index in [-0.39, 0.29) is 5.57 Å². The van der Waals surface area contributed by atoms with Crippen LogP contribution in [-0.2, 0) is 4.79 Å². The van der Waals surface area contributed by atoms with Gasteiger partial charge in [0.05, 0.1) is 0 Å². The summed E-state index contributed by atoms with van der Waals surface area (Å²) in [6.45, 7) is 0. The lowest BCUT2D eigenvalue weighted by atomic mass is 10.1. The lowest BCUT2D eigenvalue weighted by Gasteiger charge is -2.03. The third-order valence-electron chi connectivity index (χ3n) is 2.41. The smallest absolute Gasteiger partial charge is 0.266 e. The maximum absolute atomic E-state index is 11.9. The van der Waals surface area contributed by atoms with Gasteiger partial charge in [0, 0.05) is 18.1 Å². The maximum atomic E-state index is 11.9. The highest BCUT2D eigenvalue weighted by Crippen LogP contribution is 2.10. The molecular formula is C15H11N3O. The summed E-state index contributed by atoms with van der Waals surface area (Å²) < 4.78 is 0.